The van der Waals surface area contributed by atoms with E-state index < -0.39 is 0 Å². The van der Waals surface area contributed by atoms with Gasteiger partial charge < -0.3 is 25.6 Å². The number of aryl methyl sites for hydroxylation is 1. The van der Waals surface area contributed by atoms with Gasteiger partial charge >= 0.3 is 6.03 Å². The number of nitrogens with one attached hydrogen (secondary N) is 3. The summed E-state index contributed by atoms with van der Waals surface area (Å²) in [5.41, 5.74) is 2.16. The fourth-order valence-corrected chi connectivity index (χ4v) is 3.54. The van der Waals surface area contributed by atoms with E-state index in [0.29, 0.717) is 17.1 Å². The number of amides is 2. The molecule has 0 atom stereocenters. The van der Waals surface area contributed by atoms with Crippen LogP contribution in [0.2, 0.25) is 0 Å². The highest BCUT2D eigenvalue weighted by molar-refractivity contribution is 6.00. The number of rotatable bonds is 6. The van der Waals surface area contributed by atoms with Gasteiger partial charge in [0, 0.05) is 30.5 Å². The van der Waals surface area contributed by atoms with Crippen molar-refractivity contribution in [3.8, 4) is 5.75 Å². The molecule has 1 aliphatic rings. The zero-order valence-corrected chi connectivity index (χ0v) is 17.7. The smallest absolute Gasteiger partial charge is 0.323 e. The van der Waals surface area contributed by atoms with Crippen molar-refractivity contribution in [2.24, 2.45) is 0 Å². The van der Waals surface area contributed by atoms with Gasteiger partial charge in [0.2, 0.25) is 0 Å². The van der Waals surface area contributed by atoms with Gasteiger partial charge in [0.1, 0.15) is 23.2 Å². The molecular formula is C23H26N6O2. The normalized spacial score (nSPS) is 13.0. The number of urea groups is 1. The lowest BCUT2D eigenvalue weighted by Gasteiger charge is -2.18. The molecule has 0 unspecified atom stereocenters. The minimum absolute atomic E-state index is 0.341. The topological polar surface area (TPSA) is 91.4 Å². The lowest BCUT2D eigenvalue weighted by Crippen LogP contribution is -2.20. The largest absolute Gasteiger partial charge is 0.495 e. The molecule has 3 aromatic rings. The zero-order chi connectivity index (χ0) is 21.6. The van der Waals surface area contributed by atoms with Gasteiger partial charge in [-0.05, 0) is 56.2 Å². The molecule has 160 valence electrons. The maximum atomic E-state index is 12.3. The zero-order valence-electron chi connectivity index (χ0n) is 17.7. The van der Waals surface area contributed by atoms with Crippen molar-refractivity contribution in [2.75, 3.05) is 41.0 Å². The molecule has 8 heteroatoms. The van der Waals surface area contributed by atoms with Gasteiger partial charge in [0.25, 0.3) is 0 Å². The maximum Gasteiger partial charge on any atom is 0.323 e. The molecule has 1 aromatic heterocycles. The molecule has 0 aliphatic carbocycles. The second-order valence-electron chi connectivity index (χ2n) is 7.33. The van der Waals surface area contributed by atoms with E-state index >= 15 is 0 Å². The van der Waals surface area contributed by atoms with Crippen molar-refractivity contribution < 1.29 is 9.53 Å². The molecule has 4 rings (SSSR count). The van der Waals surface area contributed by atoms with E-state index in [0.717, 1.165) is 36.2 Å². The van der Waals surface area contributed by atoms with E-state index in [9.17, 15) is 4.79 Å². The van der Waals surface area contributed by atoms with Crippen molar-refractivity contribution in [3.05, 3.63) is 60.4 Å². The number of hydrogen-bond acceptors (Lipinski definition) is 6. The van der Waals surface area contributed by atoms with Crippen LogP contribution in [0.5, 0.6) is 5.75 Å². The quantitative estimate of drug-likeness (QED) is 0.534. The van der Waals surface area contributed by atoms with Crippen LogP contribution in [0.3, 0.4) is 0 Å². The Bertz CT molecular complexity index is 1050. The van der Waals surface area contributed by atoms with E-state index in [4.69, 9.17) is 4.74 Å². The lowest BCUT2D eigenvalue weighted by atomic mass is 10.2. The van der Waals surface area contributed by atoms with Crippen molar-refractivity contribution in [2.45, 2.75) is 19.8 Å². The number of anilines is 5. The molecule has 2 heterocycles. The number of para-hydroxylation sites is 2. The summed E-state index contributed by atoms with van der Waals surface area (Å²) in [5, 5.41) is 8.94. The fourth-order valence-electron chi connectivity index (χ4n) is 3.54. The van der Waals surface area contributed by atoms with Gasteiger partial charge in [-0.25, -0.2) is 14.8 Å². The molecule has 0 bridgehead atoms. The Hall–Kier alpha value is -3.81. The summed E-state index contributed by atoms with van der Waals surface area (Å²) in [6.45, 7) is 3.97. The highest BCUT2D eigenvalue weighted by Gasteiger charge is 2.15. The number of aromatic nitrogens is 2. The van der Waals surface area contributed by atoms with Crippen LogP contribution in [0.1, 0.15) is 18.7 Å². The average Bonchev–Trinajstić information content (AvgIpc) is 3.30. The predicted octanol–water partition coefficient (Wildman–Crippen LogP) is 4.78. The first kappa shape index (κ1) is 20.5. The van der Waals surface area contributed by atoms with Crippen molar-refractivity contribution in [3.63, 3.8) is 0 Å². The number of nitrogens with zero attached hydrogens (tertiary/aromatic N) is 3. The second-order valence-corrected chi connectivity index (χ2v) is 7.33. The molecule has 8 nitrogen and oxygen atoms in total. The van der Waals surface area contributed by atoms with Crippen LogP contribution < -0.4 is 25.6 Å². The van der Waals surface area contributed by atoms with Gasteiger partial charge in [-0.3, -0.25) is 0 Å². The molecule has 2 amide bonds. The monoisotopic (exact) mass is 418 g/mol. The number of ether oxygens (including phenoxy) is 1. The lowest BCUT2D eigenvalue weighted by molar-refractivity contribution is 0.262. The predicted molar refractivity (Wildman–Crippen MR) is 124 cm³/mol. The molecule has 1 saturated heterocycles. The summed E-state index contributed by atoms with van der Waals surface area (Å²) in [6, 6.07) is 16.4. The second kappa shape index (κ2) is 9.34. The molecule has 0 radical (unpaired) electrons. The molecule has 1 aliphatic heterocycles. The molecule has 1 fully saturated rings. The van der Waals surface area contributed by atoms with E-state index in [1.165, 1.54) is 12.8 Å². The Morgan fingerprint density at radius 1 is 0.968 bits per heavy atom. The van der Waals surface area contributed by atoms with Gasteiger partial charge in [0.05, 0.1) is 12.8 Å². The van der Waals surface area contributed by atoms with Gasteiger partial charge in [-0.2, -0.15) is 0 Å². The van der Waals surface area contributed by atoms with Crippen LogP contribution >= 0.6 is 0 Å². The van der Waals surface area contributed by atoms with Crippen molar-refractivity contribution in [1.29, 1.82) is 0 Å². The summed E-state index contributed by atoms with van der Waals surface area (Å²) < 4.78 is 5.25. The first-order valence-electron chi connectivity index (χ1n) is 10.3. The van der Waals surface area contributed by atoms with E-state index in [-0.39, 0.29) is 6.03 Å². The van der Waals surface area contributed by atoms with Gasteiger partial charge in [0.15, 0.2) is 0 Å². The Kier molecular flexibility index (Phi) is 6.16. The molecule has 2 aromatic carbocycles. The number of carbonyl (C=O) groups is 1. The van der Waals surface area contributed by atoms with Crippen LogP contribution in [0.4, 0.5) is 33.5 Å². The highest BCUT2D eigenvalue weighted by atomic mass is 16.5. The Balaban J connectivity index is 1.39. The van der Waals surface area contributed by atoms with E-state index in [2.05, 4.69) is 30.8 Å². The Labute approximate surface area is 181 Å². The van der Waals surface area contributed by atoms with Gasteiger partial charge in [-0.1, -0.05) is 12.1 Å². The SMILES string of the molecule is COc1ccccc1NC(=O)Nc1ccc(Nc2cc(N3CCCC3)nc(C)n2)cc1. The molecule has 0 spiro atoms. The Morgan fingerprint density at radius 2 is 1.68 bits per heavy atom. The van der Waals surface area contributed by atoms with Crippen molar-refractivity contribution in [1.82, 2.24) is 9.97 Å². The number of carbonyl (C=O) groups excluding carboxylic acids is 1. The van der Waals surface area contributed by atoms with Crippen LogP contribution in [0.15, 0.2) is 54.6 Å². The van der Waals surface area contributed by atoms with Crippen LogP contribution in [-0.2, 0) is 0 Å². The molecule has 0 saturated carbocycles. The maximum absolute atomic E-state index is 12.3. The third-order valence-electron chi connectivity index (χ3n) is 5.02. The summed E-state index contributed by atoms with van der Waals surface area (Å²) in [4.78, 5) is 23.7. The van der Waals surface area contributed by atoms with Gasteiger partial charge in [-0.15, -0.1) is 0 Å². The fraction of sp³-hybridized carbons (Fsp3) is 0.261. The van der Waals surface area contributed by atoms with Crippen molar-refractivity contribution >= 4 is 34.7 Å². The first-order chi connectivity index (χ1) is 15.1. The van der Waals surface area contributed by atoms with Crippen LogP contribution in [0, 0.1) is 6.92 Å². The Morgan fingerprint density at radius 3 is 2.42 bits per heavy atom. The first-order valence-corrected chi connectivity index (χ1v) is 10.3. The number of benzene rings is 2. The summed E-state index contributed by atoms with van der Waals surface area (Å²) in [5.74, 6) is 3.05. The molecular weight excluding hydrogens is 392 g/mol. The van der Waals surface area contributed by atoms with E-state index in [1.807, 2.05) is 49.4 Å². The summed E-state index contributed by atoms with van der Waals surface area (Å²) >= 11 is 0. The van der Waals surface area contributed by atoms with Crippen LogP contribution in [0.25, 0.3) is 0 Å². The minimum atomic E-state index is -0.341. The van der Waals surface area contributed by atoms with E-state index in [1.54, 1.807) is 19.2 Å². The standard InChI is InChI=1S/C23H26N6O2/c1-16-24-21(15-22(25-16)29-13-5-6-14-29)26-17-9-11-18(12-10-17)27-23(30)28-19-7-3-4-8-20(19)31-2/h3-4,7-12,15H,5-6,13-14H2,1-2H3,(H,24,25,26)(H2,27,28,30). The average molecular weight is 419 g/mol. The third-order valence-corrected chi connectivity index (χ3v) is 5.02. The summed E-state index contributed by atoms with van der Waals surface area (Å²) in [7, 11) is 1.57. The highest BCUT2D eigenvalue weighted by Crippen LogP contribution is 2.25. The molecule has 3 N–H and O–H groups in total. The summed E-state index contributed by atoms with van der Waals surface area (Å²) in [6.07, 6.45) is 2.40. The van der Waals surface area contributed by atoms with Crippen LogP contribution in [-0.4, -0.2) is 36.2 Å². The number of methoxy groups -OCH3 is 1. The third kappa shape index (κ3) is 5.22. The molecule has 31 heavy (non-hydrogen) atoms. The number of hydrogen-bond donors (Lipinski definition) is 3. The minimum Gasteiger partial charge on any atom is -0.495 e.